The molecule has 1 fully saturated rings. The lowest BCUT2D eigenvalue weighted by Crippen LogP contribution is -2.50. The number of hydrogen-bond donors (Lipinski definition) is 2. The van der Waals surface area contributed by atoms with E-state index in [1.54, 1.807) is 19.1 Å². The minimum absolute atomic E-state index is 0. The van der Waals surface area contributed by atoms with Gasteiger partial charge in [0, 0.05) is 46.3 Å². The number of halogens is 1. The molecule has 2 N–H and O–H groups in total. The van der Waals surface area contributed by atoms with Gasteiger partial charge in [0.2, 0.25) is 0 Å². The number of piperazine rings is 1. The molecule has 1 aromatic carbocycles. The average molecular weight is 562 g/mol. The number of guanidine groups is 1. The monoisotopic (exact) mass is 561 g/mol. The molecule has 1 aliphatic heterocycles. The smallest absolute Gasteiger partial charge is 0.410 e. The van der Waals surface area contributed by atoms with E-state index in [1.165, 1.54) is 5.56 Å². The van der Waals surface area contributed by atoms with Crippen LogP contribution in [-0.4, -0.2) is 87.4 Å². The first-order chi connectivity index (χ1) is 14.8. The van der Waals surface area contributed by atoms with Crippen LogP contribution in [0, 0.1) is 0 Å². The van der Waals surface area contributed by atoms with Crippen LogP contribution in [0.1, 0.15) is 32.8 Å². The third-order valence-corrected chi connectivity index (χ3v) is 5.07. The number of amides is 1. The second-order valence-corrected chi connectivity index (χ2v) is 8.65. The van der Waals surface area contributed by atoms with Crippen molar-refractivity contribution < 1.29 is 14.3 Å². The normalized spacial score (nSPS) is 15.0. The summed E-state index contributed by atoms with van der Waals surface area (Å²) >= 11 is 0. The highest BCUT2D eigenvalue weighted by Gasteiger charge is 2.25. The Balaban J connectivity index is 0.00000512. The van der Waals surface area contributed by atoms with Gasteiger partial charge in [-0.2, -0.15) is 0 Å². The van der Waals surface area contributed by atoms with Crippen LogP contribution in [0.15, 0.2) is 29.3 Å². The fourth-order valence-corrected chi connectivity index (χ4v) is 3.44. The fraction of sp³-hybridized carbons (Fsp3) is 0.652. The maximum Gasteiger partial charge on any atom is 0.410 e. The van der Waals surface area contributed by atoms with Crippen LogP contribution < -0.4 is 15.4 Å². The molecule has 0 radical (unpaired) electrons. The largest absolute Gasteiger partial charge is 0.496 e. The van der Waals surface area contributed by atoms with Crippen LogP contribution in [0.4, 0.5) is 4.79 Å². The Morgan fingerprint density at radius 2 is 1.75 bits per heavy atom. The standard InChI is InChI=1S/C23H39N5O3.HI/c1-23(2,3)31-22(29)28-17-15-27(16-18-28)14-8-12-25-21(24-4)26-13-11-19-9-6-7-10-20(19)30-5;/h6-7,9-10H,8,11-18H2,1-5H3,(H2,24,25,26);1H. The Morgan fingerprint density at radius 3 is 2.38 bits per heavy atom. The second-order valence-electron chi connectivity index (χ2n) is 8.65. The molecule has 0 saturated carbocycles. The first-order valence-electron chi connectivity index (χ1n) is 11.1. The maximum absolute atomic E-state index is 12.1. The Morgan fingerprint density at radius 1 is 1.09 bits per heavy atom. The topological polar surface area (TPSA) is 78.4 Å². The summed E-state index contributed by atoms with van der Waals surface area (Å²) in [5, 5.41) is 6.73. The number of methoxy groups -OCH3 is 1. The van der Waals surface area contributed by atoms with Crippen molar-refractivity contribution in [1.29, 1.82) is 0 Å². The molecule has 2 rings (SSSR count). The van der Waals surface area contributed by atoms with Gasteiger partial charge in [-0.3, -0.25) is 9.89 Å². The van der Waals surface area contributed by atoms with Gasteiger partial charge in [0.15, 0.2) is 5.96 Å². The molecule has 1 aliphatic rings. The molecule has 0 aromatic heterocycles. The van der Waals surface area contributed by atoms with E-state index >= 15 is 0 Å². The number of hydrogen-bond acceptors (Lipinski definition) is 5. The fourth-order valence-electron chi connectivity index (χ4n) is 3.44. The summed E-state index contributed by atoms with van der Waals surface area (Å²) in [5.74, 6) is 1.73. The predicted octanol–water partition coefficient (Wildman–Crippen LogP) is 2.96. The molecule has 182 valence electrons. The van der Waals surface area contributed by atoms with E-state index in [1.807, 2.05) is 39.0 Å². The molecule has 1 aromatic rings. The number of aliphatic imine (C=N–C) groups is 1. The van der Waals surface area contributed by atoms with E-state index < -0.39 is 5.60 Å². The van der Waals surface area contributed by atoms with Gasteiger partial charge in [-0.05, 0) is 51.8 Å². The van der Waals surface area contributed by atoms with Gasteiger partial charge < -0.3 is 25.0 Å². The molecule has 0 atom stereocenters. The van der Waals surface area contributed by atoms with Crippen LogP contribution >= 0.6 is 24.0 Å². The molecule has 0 spiro atoms. The van der Waals surface area contributed by atoms with Crippen LogP contribution in [0.2, 0.25) is 0 Å². The highest BCUT2D eigenvalue weighted by molar-refractivity contribution is 14.0. The van der Waals surface area contributed by atoms with E-state index in [0.29, 0.717) is 13.1 Å². The van der Waals surface area contributed by atoms with Crippen molar-refractivity contribution in [3.8, 4) is 5.75 Å². The number of nitrogens with zero attached hydrogens (tertiary/aromatic N) is 3. The SMILES string of the molecule is CN=C(NCCCN1CCN(C(=O)OC(C)(C)C)CC1)NCCc1ccccc1OC.I. The molecule has 8 nitrogen and oxygen atoms in total. The molecule has 1 heterocycles. The quantitative estimate of drug-likeness (QED) is 0.220. The lowest BCUT2D eigenvalue weighted by Gasteiger charge is -2.35. The van der Waals surface area contributed by atoms with Crippen molar-refractivity contribution in [2.24, 2.45) is 4.99 Å². The molecule has 0 bridgehead atoms. The number of nitrogens with one attached hydrogen (secondary N) is 2. The Labute approximate surface area is 210 Å². The van der Waals surface area contributed by atoms with Crippen LogP contribution in [0.3, 0.4) is 0 Å². The van der Waals surface area contributed by atoms with Crippen molar-refractivity contribution in [1.82, 2.24) is 20.4 Å². The van der Waals surface area contributed by atoms with Crippen LogP contribution in [-0.2, 0) is 11.2 Å². The first-order valence-corrected chi connectivity index (χ1v) is 11.1. The van der Waals surface area contributed by atoms with Crippen molar-refractivity contribution in [3.05, 3.63) is 29.8 Å². The minimum atomic E-state index is -0.445. The summed E-state index contributed by atoms with van der Waals surface area (Å²) in [5.41, 5.74) is 0.734. The van der Waals surface area contributed by atoms with Gasteiger partial charge in [-0.15, -0.1) is 24.0 Å². The molecule has 0 aliphatic carbocycles. The predicted molar refractivity (Wildman–Crippen MR) is 140 cm³/mol. The lowest BCUT2D eigenvalue weighted by molar-refractivity contribution is 0.0145. The van der Waals surface area contributed by atoms with Crippen molar-refractivity contribution in [2.75, 3.05) is 60.0 Å². The van der Waals surface area contributed by atoms with Gasteiger partial charge in [0.05, 0.1) is 7.11 Å². The molecular weight excluding hydrogens is 521 g/mol. The molecule has 1 amide bonds. The highest BCUT2D eigenvalue weighted by atomic mass is 127. The Hall–Kier alpha value is -1.75. The summed E-state index contributed by atoms with van der Waals surface area (Å²) in [7, 11) is 3.48. The molecule has 0 unspecified atom stereocenters. The van der Waals surface area contributed by atoms with Crippen LogP contribution in [0.25, 0.3) is 0 Å². The summed E-state index contributed by atoms with van der Waals surface area (Å²) < 4.78 is 10.9. The van der Waals surface area contributed by atoms with Crippen molar-refractivity contribution in [3.63, 3.8) is 0 Å². The molecule has 32 heavy (non-hydrogen) atoms. The first kappa shape index (κ1) is 28.3. The summed E-state index contributed by atoms with van der Waals surface area (Å²) in [4.78, 5) is 20.6. The zero-order valence-electron chi connectivity index (χ0n) is 20.1. The van der Waals surface area contributed by atoms with E-state index in [2.05, 4.69) is 26.6 Å². The molecular formula is C23H40IN5O3. The number of carbonyl (C=O) groups excluding carboxylic acids is 1. The maximum atomic E-state index is 12.1. The van der Waals surface area contributed by atoms with Crippen molar-refractivity contribution in [2.45, 2.75) is 39.2 Å². The number of rotatable bonds is 8. The third kappa shape index (κ3) is 10.2. The van der Waals surface area contributed by atoms with Gasteiger partial charge in [0.1, 0.15) is 11.4 Å². The number of carbonyl (C=O) groups is 1. The average Bonchev–Trinajstić information content (AvgIpc) is 2.75. The number of benzene rings is 1. The molecule has 1 saturated heterocycles. The van der Waals surface area contributed by atoms with E-state index in [9.17, 15) is 4.79 Å². The lowest BCUT2D eigenvalue weighted by atomic mass is 10.1. The summed E-state index contributed by atoms with van der Waals surface area (Å²) in [6, 6.07) is 8.07. The second kappa shape index (κ2) is 14.4. The van der Waals surface area contributed by atoms with E-state index in [0.717, 1.165) is 57.3 Å². The van der Waals surface area contributed by atoms with Gasteiger partial charge in [-0.25, -0.2) is 4.79 Å². The number of ether oxygens (including phenoxy) is 2. The van der Waals surface area contributed by atoms with Gasteiger partial charge >= 0.3 is 6.09 Å². The highest BCUT2D eigenvalue weighted by Crippen LogP contribution is 2.17. The van der Waals surface area contributed by atoms with Gasteiger partial charge in [-0.1, -0.05) is 18.2 Å². The zero-order chi connectivity index (χ0) is 22.7. The van der Waals surface area contributed by atoms with Gasteiger partial charge in [0.25, 0.3) is 0 Å². The Kier molecular flexibility index (Phi) is 12.7. The van der Waals surface area contributed by atoms with Crippen molar-refractivity contribution >= 4 is 36.0 Å². The number of para-hydroxylation sites is 1. The van der Waals surface area contributed by atoms with E-state index in [4.69, 9.17) is 9.47 Å². The minimum Gasteiger partial charge on any atom is -0.496 e. The summed E-state index contributed by atoms with van der Waals surface area (Å²) in [6.45, 7) is 11.5. The zero-order valence-corrected chi connectivity index (χ0v) is 22.5. The third-order valence-electron chi connectivity index (χ3n) is 5.07. The van der Waals surface area contributed by atoms with Crippen LogP contribution in [0.5, 0.6) is 5.75 Å². The summed E-state index contributed by atoms with van der Waals surface area (Å²) in [6.07, 6.45) is 1.67. The molecule has 9 heteroatoms. The van der Waals surface area contributed by atoms with E-state index in [-0.39, 0.29) is 30.1 Å². The Bertz CT molecular complexity index is 716.